The summed E-state index contributed by atoms with van der Waals surface area (Å²) in [6.45, 7) is 6.17. The van der Waals surface area contributed by atoms with E-state index in [0.717, 1.165) is 16.9 Å². The Hall–Kier alpha value is -1.22. The summed E-state index contributed by atoms with van der Waals surface area (Å²) < 4.78 is 5.51. The molecule has 0 saturated heterocycles. The summed E-state index contributed by atoms with van der Waals surface area (Å²) in [7, 11) is 0. The molecule has 94 valence electrons. The Labute approximate surface area is 106 Å². The average Bonchev–Trinajstić information content (AvgIpc) is 2.22. The van der Waals surface area contributed by atoms with Crippen LogP contribution < -0.4 is 4.74 Å². The van der Waals surface area contributed by atoms with Gasteiger partial charge in [-0.3, -0.25) is 4.79 Å². The molecule has 1 N–H and O–H groups in total. The zero-order chi connectivity index (χ0) is 13.0. The molecule has 0 spiro atoms. The van der Waals surface area contributed by atoms with Gasteiger partial charge in [0, 0.05) is 5.02 Å². The molecule has 0 amide bonds. The number of aryl methyl sites for hydroxylation is 1. The van der Waals surface area contributed by atoms with Gasteiger partial charge in [-0.05, 0) is 36.1 Å². The van der Waals surface area contributed by atoms with Gasteiger partial charge in [-0.25, -0.2) is 0 Å². The van der Waals surface area contributed by atoms with E-state index in [1.165, 1.54) is 0 Å². The second-order valence-corrected chi connectivity index (χ2v) is 4.69. The van der Waals surface area contributed by atoms with Crippen molar-refractivity contribution in [2.75, 3.05) is 6.61 Å². The predicted octanol–water partition coefficient (Wildman–Crippen LogP) is 3.63. The Balaban J connectivity index is 2.88. The van der Waals surface area contributed by atoms with Crippen LogP contribution in [0.4, 0.5) is 0 Å². The quantitative estimate of drug-likeness (QED) is 0.875. The number of halogens is 1. The number of benzene rings is 1. The van der Waals surface area contributed by atoms with Gasteiger partial charge in [0.15, 0.2) is 0 Å². The van der Waals surface area contributed by atoms with E-state index in [1.54, 1.807) is 0 Å². The van der Waals surface area contributed by atoms with Gasteiger partial charge >= 0.3 is 5.97 Å². The minimum atomic E-state index is -0.859. The summed E-state index contributed by atoms with van der Waals surface area (Å²) >= 11 is 6.06. The molecule has 17 heavy (non-hydrogen) atoms. The van der Waals surface area contributed by atoms with Crippen LogP contribution in [0.3, 0.4) is 0 Å². The van der Waals surface area contributed by atoms with Gasteiger partial charge in [0.05, 0.1) is 13.0 Å². The Morgan fingerprint density at radius 3 is 2.65 bits per heavy atom. The second-order valence-electron chi connectivity index (χ2n) is 4.29. The SMILES string of the molecule is Cc1cc(OCCC(=O)O)c(C(C)C)cc1Cl. The van der Waals surface area contributed by atoms with Gasteiger partial charge in [-0.1, -0.05) is 25.4 Å². The summed E-state index contributed by atoms with van der Waals surface area (Å²) in [5.74, 6) is 0.151. The lowest BCUT2D eigenvalue weighted by atomic mass is 10.0. The molecule has 1 aromatic carbocycles. The lowest BCUT2D eigenvalue weighted by molar-refractivity contribution is -0.137. The number of carbonyl (C=O) groups is 1. The average molecular weight is 257 g/mol. The third-order valence-electron chi connectivity index (χ3n) is 2.49. The van der Waals surface area contributed by atoms with Crippen LogP contribution in [0.5, 0.6) is 5.75 Å². The van der Waals surface area contributed by atoms with Crippen LogP contribution in [0.25, 0.3) is 0 Å². The van der Waals surface area contributed by atoms with Crippen molar-refractivity contribution in [2.24, 2.45) is 0 Å². The van der Waals surface area contributed by atoms with E-state index in [-0.39, 0.29) is 18.9 Å². The first kappa shape index (κ1) is 13.8. The molecule has 1 rings (SSSR count). The molecule has 0 saturated carbocycles. The van der Waals surface area contributed by atoms with Gasteiger partial charge < -0.3 is 9.84 Å². The Morgan fingerprint density at radius 2 is 2.12 bits per heavy atom. The maximum Gasteiger partial charge on any atom is 0.306 e. The summed E-state index contributed by atoms with van der Waals surface area (Å²) in [6.07, 6.45) is -0.000784. The summed E-state index contributed by atoms with van der Waals surface area (Å²) in [5.41, 5.74) is 1.94. The highest BCUT2D eigenvalue weighted by atomic mass is 35.5. The fourth-order valence-corrected chi connectivity index (χ4v) is 1.67. The lowest BCUT2D eigenvalue weighted by Crippen LogP contribution is -2.07. The normalized spacial score (nSPS) is 10.6. The molecule has 0 fully saturated rings. The molecule has 0 aliphatic carbocycles. The van der Waals surface area contributed by atoms with Crippen molar-refractivity contribution in [1.82, 2.24) is 0 Å². The summed E-state index contributed by atoms with van der Waals surface area (Å²) in [6, 6.07) is 3.75. The predicted molar refractivity (Wildman–Crippen MR) is 68.0 cm³/mol. The van der Waals surface area contributed by atoms with Gasteiger partial charge in [0.2, 0.25) is 0 Å². The van der Waals surface area contributed by atoms with E-state index in [9.17, 15) is 4.79 Å². The second kappa shape index (κ2) is 5.92. The Kier molecular flexibility index (Phi) is 4.82. The van der Waals surface area contributed by atoms with Crippen LogP contribution in [0, 0.1) is 6.92 Å². The van der Waals surface area contributed by atoms with Crippen molar-refractivity contribution in [1.29, 1.82) is 0 Å². The van der Waals surface area contributed by atoms with Crippen molar-refractivity contribution in [3.8, 4) is 5.75 Å². The van der Waals surface area contributed by atoms with Crippen molar-refractivity contribution in [2.45, 2.75) is 33.1 Å². The molecule has 0 radical (unpaired) electrons. The van der Waals surface area contributed by atoms with E-state index in [0.29, 0.717) is 5.02 Å². The number of carboxylic acids is 1. The minimum Gasteiger partial charge on any atom is -0.493 e. The zero-order valence-corrected chi connectivity index (χ0v) is 11.0. The van der Waals surface area contributed by atoms with Crippen LogP contribution in [-0.2, 0) is 4.79 Å². The summed E-state index contributed by atoms with van der Waals surface area (Å²) in [4.78, 5) is 10.4. The highest BCUT2D eigenvalue weighted by Gasteiger charge is 2.11. The third-order valence-corrected chi connectivity index (χ3v) is 2.89. The van der Waals surface area contributed by atoms with E-state index in [4.69, 9.17) is 21.4 Å². The largest absolute Gasteiger partial charge is 0.493 e. The number of rotatable bonds is 5. The Bertz CT molecular complexity index is 413. The van der Waals surface area contributed by atoms with E-state index in [1.807, 2.05) is 32.9 Å². The zero-order valence-electron chi connectivity index (χ0n) is 10.3. The first-order chi connectivity index (χ1) is 7.91. The van der Waals surface area contributed by atoms with Crippen LogP contribution >= 0.6 is 11.6 Å². The molecule has 1 aromatic rings. The summed E-state index contributed by atoms with van der Waals surface area (Å²) in [5, 5.41) is 9.28. The van der Waals surface area contributed by atoms with Crippen molar-refractivity contribution < 1.29 is 14.6 Å². The molecule has 0 aliphatic rings. The first-order valence-electron chi connectivity index (χ1n) is 5.56. The number of hydrogen-bond donors (Lipinski definition) is 1. The fraction of sp³-hybridized carbons (Fsp3) is 0.462. The molecule has 0 aromatic heterocycles. The number of carboxylic acid groups (broad SMARTS) is 1. The van der Waals surface area contributed by atoms with Crippen LogP contribution in [0.15, 0.2) is 12.1 Å². The van der Waals surface area contributed by atoms with Gasteiger partial charge in [-0.15, -0.1) is 0 Å². The molecule has 3 nitrogen and oxygen atoms in total. The van der Waals surface area contributed by atoms with Gasteiger partial charge in [0.1, 0.15) is 5.75 Å². The minimum absolute atomic E-state index is 0.000784. The van der Waals surface area contributed by atoms with E-state index in [2.05, 4.69) is 0 Å². The Morgan fingerprint density at radius 1 is 1.47 bits per heavy atom. The smallest absolute Gasteiger partial charge is 0.306 e. The van der Waals surface area contributed by atoms with Gasteiger partial charge in [0.25, 0.3) is 0 Å². The van der Waals surface area contributed by atoms with Crippen molar-refractivity contribution >= 4 is 17.6 Å². The number of ether oxygens (including phenoxy) is 1. The van der Waals surface area contributed by atoms with Crippen molar-refractivity contribution in [3.63, 3.8) is 0 Å². The highest BCUT2D eigenvalue weighted by molar-refractivity contribution is 6.31. The number of hydrogen-bond acceptors (Lipinski definition) is 2. The van der Waals surface area contributed by atoms with Crippen molar-refractivity contribution in [3.05, 3.63) is 28.3 Å². The highest BCUT2D eigenvalue weighted by Crippen LogP contribution is 2.31. The molecule has 0 bridgehead atoms. The number of aliphatic carboxylic acids is 1. The topological polar surface area (TPSA) is 46.5 Å². The lowest BCUT2D eigenvalue weighted by Gasteiger charge is -2.15. The van der Waals surface area contributed by atoms with E-state index >= 15 is 0 Å². The maximum absolute atomic E-state index is 10.4. The first-order valence-corrected chi connectivity index (χ1v) is 5.94. The molecule has 4 heteroatoms. The van der Waals surface area contributed by atoms with Crippen LogP contribution in [-0.4, -0.2) is 17.7 Å². The molecule has 0 atom stereocenters. The van der Waals surface area contributed by atoms with E-state index < -0.39 is 5.97 Å². The third kappa shape index (κ3) is 3.93. The molecular formula is C13H17ClO3. The van der Waals surface area contributed by atoms with Crippen LogP contribution in [0.1, 0.15) is 37.3 Å². The molecule has 0 aliphatic heterocycles. The molecule has 0 heterocycles. The maximum atomic E-state index is 10.4. The molecular weight excluding hydrogens is 240 g/mol. The van der Waals surface area contributed by atoms with Gasteiger partial charge in [-0.2, -0.15) is 0 Å². The standard InChI is InChI=1S/C13H17ClO3/c1-8(2)10-7-11(14)9(3)6-12(10)17-5-4-13(15)16/h6-8H,4-5H2,1-3H3,(H,15,16). The monoisotopic (exact) mass is 256 g/mol. The van der Waals surface area contributed by atoms with Crippen LogP contribution in [0.2, 0.25) is 5.02 Å². The fourth-order valence-electron chi connectivity index (χ4n) is 1.49. The molecule has 0 unspecified atom stereocenters.